The molecule has 0 amide bonds. The van der Waals surface area contributed by atoms with Crippen LogP contribution in [0.5, 0.6) is 11.5 Å². The zero-order chi connectivity index (χ0) is 26.4. The summed E-state index contributed by atoms with van der Waals surface area (Å²) in [6.07, 6.45) is 19.8. The lowest BCUT2D eigenvalue weighted by molar-refractivity contribution is -0.0526. The topological polar surface area (TPSA) is 29.5 Å². The summed E-state index contributed by atoms with van der Waals surface area (Å²) in [5, 5.41) is 9.60. The average Bonchev–Trinajstić information content (AvgIpc) is 3.23. The van der Waals surface area contributed by atoms with Crippen molar-refractivity contribution in [2.75, 3.05) is 0 Å². The van der Waals surface area contributed by atoms with Crippen molar-refractivity contribution in [3.8, 4) is 11.5 Å². The molecule has 204 valence electrons. The molecule has 9 atom stereocenters. The van der Waals surface area contributed by atoms with Crippen LogP contribution in [-0.4, -0.2) is 11.2 Å². The van der Waals surface area contributed by atoms with Gasteiger partial charge in [-0.3, -0.25) is 0 Å². The van der Waals surface area contributed by atoms with Gasteiger partial charge in [0.2, 0.25) is 0 Å². The Hall–Kier alpha value is -1.70. The summed E-state index contributed by atoms with van der Waals surface area (Å²) in [6, 6.07) is 7.25. The van der Waals surface area contributed by atoms with E-state index in [4.69, 9.17) is 4.74 Å². The highest BCUT2D eigenvalue weighted by molar-refractivity contribution is 5.31. The molecule has 3 saturated carbocycles. The minimum absolute atomic E-state index is 0.260. The first kappa shape index (κ1) is 26.9. The Kier molecular flexibility index (Phi) is 7.60. The first-order chi connectivity index (χ1) is 17.7. The van der Waals surface area contributed by atoms with E-state index in [9.17, 15) is 5.11 Å². The zero-order valence-electron chi connectivity index (χ0n) is 24.4. The molecule has 4 aliphatic carbocycles. The molecule has 2 nitrogen and oxygen atoms in total. The Labute approximate surface area is 227 Å². The van der Waals surface area contributed by atoms with Crippen LogP contribution >= 0.6 is 0 Å². The van der Waals surface area contributed by atoms with Gasteiger partial charge in [0.25, 0.3) is 0 Å². The van der Waals surface area contributed by atoms with Gasteiger partial charge in [-0.25, -0.2) is 0 Å². The molecule has 1 aromatic rings. The average molecular weight is 505 g/mol. The van der Waals surface area contributed by atoms with Gasteiger partial charge in [0.15, 0.2) is 0 Å². The van der Waals surface area contributed by atoms with Crippen LogP contribution in [0.2, 0.25) is 0 Å². The maximum atomic E-state index is 9.60. The molecular formula is C35H52O2. The fraction of sp³-hybridized carbons (Fsp3) is 0.714. The standard InChI is InChI=1S/C35H52O2/c1-7-25(23(2)3)9-8-24(4)31-16-17-32-30-15-10-26-22-29(37-28-13-11-27(36)12-14-28)18-20-34(26,5)33(30)19-21-35(31,32)6/h8-14,23-25,29-33,36H,7,15-22H2,1-6H3. The number of allylic oxidation sites excluding steroid dienone is 3. The van der Waals surface area contributed by atoms with Crippen LogP contribution in [0.15, 0.2) is 48.1 Å². The van der Waals surface area contributed by atoms with E-state index in [1.165, 1.54) is 44.9 Å². The number of benzene rings is 1. The Balaban J connectivity index is 1.28. The molecule has 1 N–H and O–H groups in total. The first-order valence-corrected chi connectivity index (χ1v) is 15.5. The molecule has 4 aliphatic rings. The third-order valence-electron chi connectivity index (χ3n) is 11.9. The van der Waals surface area contributed by atoms with Crippen LogP contribution in [0.25, 0.3) is 0 Å². The van der Waals surface area contributed by atoms with Crippen molar-refractivity contribution in [2.24, 2.45) is 52.3 Å². The number of ether oxygens (including phenoxy) is 1. The van der Waals surface area contributed by atoms with Crippen LogP contribution in [0.1, 0.15) is 99.3 Å². The number of phenolic OH excluding ortho intramolecular Hbond substituents is 1. The van der Waals surface area contributed by atoms with Crippen LogP contribution < -0.4 is 4.74 Å². The second kappa shape index (κ2) is 10.5. The molecule has 1 aromatic carbocycles. The second-order valence-corrected chi connectivity index (χ2v) is 14.0. The van der Waals surface area contributed by atoms with Crippen molar-refractivity contribution in [1.82, 2.24) is 0 Å². The van der Waals surface area contributed by atoms with E-state index in [1.54, 1.807) is 17.7 Å². The molecule has 0 aliphatic heterocycles. The number of fused-ring (bicyclic) bond motifs is 5. The van der Waals surface area contributed by atoms with Crippen LogP contribution in [0.4, 0.5) is 0 Å². The summed E-state index contributed by atoms with van der Waals surface area (Å²) in [5.74, 6) is 6.77. The molecule has 0 spiro atoms. The molecule has 0 radical (unpaired) electrons. The number of phenols is 1. The van der Waals surface area contributed by atoms with Gasteiger partial charge in [-0.1, -0.05) is 65.3 Å². The second-order valence-electron chi connectivity index (χ2n) is 14.0. The van der Waals surface area contributed by atoms with Crippen LogP contribution in [0.3, 0.4) is 0 Å². The van der Waals surface area contributed by atoms with Crippen LogP contribution in [-0.2, 0) is 0 Å². The third kappa shape index (κ3) is 4.92. The molecule has 2 heteroatoms. The monoisotopic (exact) mass is 504 g/mol. The Morgan fingerprint density at radius 2 is 1.73 bits per heavy atom. The number of hydrogen-bond donors (Lipinski definition) is 1. The highest BCUT2D eigenvalue weighted by Gasteiger charge is 2.59. The molecule has 0 bridgehead atoms. The van der Waals surface area contributed by atoms with Gasteiger partial charge in [-0.2, -0.15) is 0 Å². The fourth-order valence-corrected chi connectivity index (χ4v) is 9.63. The summed E-state index contributed by atoms with van der Waals surface area (Å²) >= 11 is 0. The van der Waals surface area contributed by atoms with E-state index in [-0.39, 0.29) is 6.10 Å². The third-order valence-corrected chi connectivity index (χ3v) is 11.9. The van der Waals surface area contributed by atoms with Crippen molar-refractivity contribution in [3.63, 3.8) is 0 Å². The summed E-state index contributed by atoms with van der Waals surface area (Å²) in [5.41, 5.74) is 2.54. The predicted octanol–water partition coefficient (Wildman–Crippen LogP) is 9.59. The lowest BCUT2D eigenvalue weighted by atomic mass is 9.47. The summed E-state index contributed by atoms with van der Waals surface area (Å²) < 4.78 is 6.37. The fourth-order valence-electron chi connectivity index (χ4n) is 9.63. The van der Waals surface area contributed by atoms with E-state index >= 15 is 0 Å². The maximum Gasteiger partial charge on any atom is 0.120 e. The van der Waals surface area contributed by atoms with Crippen molar-refractivity contribution in [2.45, 2.75) is 105 Å². The number of rotatable bonds is 7. The minimum Gasteiger partial charge on any atom is -0.508 e. The number of hydrogen-bond acceptors (Lipinski definition) is 2. The molecule has 5 rings (SSSR count). The Morgan fingerprint density at radius 3 is 2.43 bits per heavy atom. The normalized spacial score (nSPS) is 39.0. The SMILES string of the molecule is CCC(C=CC(C)C1CCC2C3CC=C4CC(Oc5ccc(O)cc5)CCC4(C)C3CCC12C)C(C)C. The van der Waals surface area contributed by atoms with Gasteiger partial charge in [-0.15, -0.1) is 0 Å². The summed E-state index contributed by atoms with van der Waals surface area (Å²) in [6.45, 7) is 14.9. The molecule has 9 unspecified atom stereocenters. The Bertz CT molecular complexity index is 989. The van der Waals surface area contributed by atoms with Crippen molar-refractivity contribution in [1.29, 1.82) is 0 Å². The van der Waals surface area contributed by atoms with Gasteiger partial charge in [0.05, 0.1) is 0 Å². The molecule has 3 fully saturated rings. The molecule has 0 aromatic heterocycles. The van der Waals surface area contributed by atoms with Gasteiger partial charge in [-0.05, 0) is 128 Å². The molecule has 37 heavy (non-hydrogen) atoms. The molecular weight excluding hydrogens is 452 g/mol. The van der Waals surface area contributed by atoms with E-state index in [1.807, 2.05) is 12.1 Å². The van der Waals surface area contributed by atoms with E-state index in [0.717, 1.165) is 54.1 Å². The van der Waals surface area contributed by atoms with Crippen LogP contribution in [0, 0.1) is 52.3 Å². The quantitative estimate of drug-likeness (QED) is 0.375. The summed E-state index contributed by atoms with van der Waals surface area (Å²) in [7, 11) is 0. The molecule has 0 heterocycles. The van der Waals surface area contributed by atoms with Crippen molar-refractivity contribution >= 4 is 0 Å². The van der Waals surface area contributed by atoms with Gasteiger partial charge in [0, 0.05) is 6.42 Å². The largest absolute Gasteiger partial charge is 0.508 e. The highest BCUT2D eigenvalue weighted by Crippen LogP contribution is 2.67. The zero-order valence-corrected chi connectivity index (χ0v) is 24.4. The van der Waals surface area contributed by atoms with Crippen molar-refractivity contribution < 1.29 is 9.84 Å². The smallest absolute Gasteiger partial charge is 0.120 e. The van der Waals surface area contributed by atoms with E-state index < -0.39 is 0 Å². The van der Waals surface area contributed by atoms with Gasteiger partial charge in [0.1, 0.15) is 17.6 Å². The Morgan fingerprint density at radius 1 is 0.973 bits per heavy atom. The van der Waals surface area contributed by atoms with Gasteiger partial charge < -0.3 is 9.84 Å². The van der Waals surface area contributed by atoms with Gasteiger partial charge >= 0.3 is 0 Å². The first-order valence-electron chi connectivity index (χ1n) is 15.5. The lowest BCUT2D eigenvalue weighted by Gasteiger charge is -2.58. The maximum absolute atomic E-state index is 9.60. The van der Waals surface area contributed by atoms with E-state index in [0.29, 0.717) is 22.5 Å². The molecule has 0 saturated heterocycles. The number of aromatic hydroxyl groups is 1. The minimum atomic E-state index is 0.260. The highest BCUT2D eigenvalue weighted by atomic mass is 16.5. The van der Waals surface area contributed by atoms with Crippen molar-refractivity contribution in [3.05, 3.63) is 48.1 Å². The predicted molar refractivity (Wildman–Crippen MR) is 155 cm³/mol. The summed E-state index contributed by atoms with van der Waals surface area (Å²) in [4.78, 5) is 0. The van der Waals surface area contributed by atoms with E-state index in [2.05, 4.69) is 59.8 Å². The lowest BCUT2D eigenvalue weighted by Crippen LogP contribution is -2.51.